The van der Waals surface area contributed by atoms with E-state index in [2.05, 4.69) is 52.8 Å². The van der Waals surface area contributed by atoms with Crippen LogP contribution in [0.5, 0.6) is 0 Å². The number of allylic oxidation sites excluding steroid dienone is 1. The maximum atomic E-state index is 9.84. The van der Waals surface area contributed by atoms with Crippen molar-refractivity contribution in [2.75, 3.05) is 13.1 Å². The highest BCUT2D eigenvalue weighted by Crippen LogP contribution is 2.56. The van der Waals surface area contributed by atoms with Crippen molar-refractivity contribution in [2.45, 2.75) is 38.6 Å². The van der Waals surface area contributed by atoms with E-state index in [-0.39, 0.29) is 5.41 Å². The average molecular weight is 303 g/mol. The van der Waals surface area contributed by atoms with Gasteiger partial charge in [0.15, 0.2) is 0 Å². The molecule has 23 heavy (non-hydrogen) atoms. The van der Waals surface area contributed by atoms with Gasteiger partial charge in [0.2, 0.25) is 0 Å². The molecule has 0 aliphatic carbocycles. The minimum Gasteiger partial charge on any atom is -0.303 e. The lowest BCUT2D eigenvalue weighted by Gasteiger charge is -2.53. The van der Waals surface area contributed by atoms with Crippen molar-refractivity contribution in [3.05, 3.63) is 41.6 Å². The van der Waals surface area contributed by atoms with Crippen LogP contribution in [0.2, 0.25) is 0 Å². The number of benzene rings is 1. The van der Waals surface area contributed by atoms with Gasteiger partial charge in [0.1, 0.15) is 11.8 Å². The Hall–Kier alpha value is -2.05. The molecule has 2 aromatic rings. The fraction of sp³-hybridized carbons (Fsp3) is 0.450. The highest BCUT2D eigenvalue weighted by molar-refractivity contribution is 5.91. The van der Waals surface area contributed by atoms with E-state index in [1.54, 1.807) is 0 Å². The first-order valence-electron chi connectivity index (χ1n) is 8.78. The van der Waals surface area contributed by atoms with Crippen molar-refractivity contribution in [3.63, 3.8) is 0 Å². The molecule has 0 saturated carbocycles. The molecule has 1 aromatic heterocycles. The molecule has 3 nitrogen and oxygen atoms in total. The molecule has 0 N–H and O–H groups in total. The van der Waals surface area contributed by atoms with Crippen LogP contribution in [0, 0.1) is 16.7 Å². The summed E-state index contributed by atoms with van der Waals surface area (Å²) in [5, 5.41) is 11.2. The van der Waals surface area contributed by atoms with Gasteiger partial charge < -0.3 is 4.57 Å². The summed E-state index contributed by atoms with van der Waals surface area (Å²) in [6, 6.07) is 11.6. The molecule has 1 aromatic carbocycles. The molecule has 1 saturated heterocycles. The van der Waals surface area contributed by atoms with Crippen LogP contribution in [0.1, 0.15) is 43.5 Å². The predicted molar refractivity (Wildman–Crippen MR) is 91.8 cm³/mol. The molecule has 0 amide bonds. The smallest absolute Gasteiger partial charge is 0.121 e. The second kappa shape index (κ2) is 4.49. The Morgan fingerprint density at radius 1 is 1.30 bits per heavy atom. The largest absolute Gasteiger partial charge is 0.303 e. The van der Waals surface area contributed by atoms with Crippen molar-refractivity contribution >= 4 is 16.6 Å². The zero-order chi connectivity index (χ0) is 15.6. The first-order valence-corrected chi connectivity index (χ1v) is 8.78. The summed E-state index contributed by atoms with van der Waals surface area (Å²) in [6.07, 6.45) is 6.97. The summed E-state index contributed by atoms with van der Waals surface area (Å²) >= 11 is 0. The number of nitrogens with zero attached hydrogens (tertiary/aromatic N) is 3. The minimum atomic E-state index is 0.142. The topological polar surface area (TPSA) is 32.0 Å². The van der Waals surface area contributed by atoms with E-state index in [9.17, 15) is 5.26 Å². The molecule has 2 unspecified atom stereocenters. The summed E-state index contributed by atoms with van der Waals surface area (Å²) in [5.41, 5.74) is 5.09. The van der Waals surface area contributed by atoms with E-state index in [0.717, 1.165) is 25.1 Å². The van der Waals surface area contributed by atoms with E-state index < -0.39 is 0 Å². The Kier molecular flexibility index (Phi) is 2.61. The third-order valence-corrected chi connectivity index (χ3v) is 6.36. The van der Waals surface area contributed by atoms with Crippen LogP contribution in [0.3, 0.4) is 0 Å². The maximum absolute atomic E-state index is 9.84. The molecule has 0 bridgehead atoms. The Morgan fingerprint density at radius 3 is 3.00 bits per heavy atom. The average Bonchev–Trinajstić information content (AvgIpc) is 2.95. The Balaban J connectivity index is 1.92. The van der Waals surface area contributed by atoms with Crippen LogP contribution < -0.4 is 0 Å². The van der Waals surface area contributed by atoms with E-state index >= 15 is 0 Å². The predicted octanol–water partition coefficient (Wildman–Crippen LogP) is 4.11. The highest BCUT2D eigenvalue weighted by Gasteiger charge is 2.50. The van der Waals surface area contributed by atoms with Gasteiger partial charge in [-0.1, -0.05) is 25.1 Å². The Labute approximate surface area is 136 Å². The second-order valence-electron chi connectivity index (χ2n) is 7.24. The molecule has 3 heteroatoms. The van der Waals surface area contributed by atoms with Crippen molar-refractivity contribution in [1.29, 1.82) is 5.26 Å². The van der Waals surface area contributed by atoms with Gasteiger partial charge in [0.05, 0.1) is 11.6 Å². The number of hydrogen-bond donors (Lipinski definition) is 0. The molecule has 3 aliphatic rings. The monoisotopic (exact) mass is 303 g/mol. The summed E-state index contributed by atoms with van der Waals surface area (Å²) in [4.78, 5) is 2.68. The van der Waals surface area contributed by atoms with Gasteiger partial charge in [-0.25, -0.2) is 0 Å². The van der Waals surface area contributed by atoms with E-state index in [4.69, 9.17) is 0 Å². The number of hydrogen-bond acceptors (Lipinski definition) is 2. The normalized spacial score (nSPS) is 29.0. The van der Waals surface area contributed by atoms with Gasteiger partial charge in [0, 0.05) is 23.0 Å². The molecule has 0 radical (unpaired) electrons. The Bertz CT molecular complexity index is 882. The lowest BCUT2D eigenvalue weighted by molar-refractivity contribution is 0.0272. The van der Waals surface area contributed by atoms with Crippen LogP contribution >= 0.6 is 0 Å². The fourth-order valence-corrected chi connectivity index (χ4v) is 5.36. The highest BCUT2D eigenvalue weighted by atomic mass is 15.2. The van der Waals surface area contributed by atoms with E-state index in [1.807, 2.05) is 0 Å². The standard InChI is InChI=1S/C20H21N3/c1-2-20-9-5-10-22-11-8-16-15-6-3-4-7-17(15)23(14(12-20)13-21)18(16)19(20)22/h3-4,6-7,12,19H,2,5,8-11H2,1H3. The van der Waals surface area contributed by atoms with Gasteiger partial charge in [-0.15, -0.1) is 0 Å². The summed E-state index contributed by atoms with van der Waals surface area (Å²) in [5.74, 6) is 0. The van der Waals surface area contributed by atoms with Gasteiger partial charge in [0.25, 0.3) is 0 Å². The molecule has 0 spiro atoms. The maximum Gasteiger partial charge on any atom is 0.121 e. The van der Waals surface area contributed by atoms with Crippen molar-refractivity contribution in [3.8, 4) is 6.07 Å². The molecular formula is C20H21N3. The van der Waals surface area contributed by atoms with Gasteiger partial charge in [-0.05, 0) is 49.9 Å². The van der Waals surface area contributed by atoms with E-state index in [1.165, 1.54) is 41.5 Å². The lowest BCUT2D eigenvalue weighted by atomic mass is 9.66. The lowest BCUT2D eigenvalue weighted by Crippen LogP contribution is -2.50. The van der Waals surface area contributed by atoms with Gasteiger partial charge >= 0.3 is 0 Å². The molecule has 2 atom stereocenters. The van der Waals surface area contributed by atoms with Crippen LogP contribution in [-0.4, -0.2) is 22.6 Å². The molecular weight excluding hydrogens is 282 g/mol. The summed E-state index contributed by atoms with van der Waals surface area (Å²) in [7, 11) is 0. The molecule has 4 heterocycles. The molecule has 5 rings (SSSR count). The van der Waals surface area contributed by atoms with Crippen LogP contribution in [0.15, 0.2) is 30.3 Å². The zero-order valence-corrected chi connectivity index (χ0v) is 13.5. The number of nitriles is 1. The van der Waals surface area contributed by atoms with Crippen LogP contribution in [0.25, 0.3) is 16.6 Å². The first kappa shape index (κ1) is 13.4. The first-order chi connectivity index (χ1) is 11.3. The van der Waals surface area contributed by atoms with Gasteiger partial charge in [-0.3, -0.25) is 4.90 Å². The number of rotatable bonds is 1. The second-order valence-corrected chi connectivity index (χ2v) is 7.24. The SMILES string of the molecule is CCC12C=C(C#N)n3c4c(c5ccccc53)CCN(CCC1)C42. The third-order valence-electron chi connectivity index (χ3n) is 6.36. The number of fused-ring (bicyclic) bond motifs is 3. The number of aromatic nitrogens is 1. The Morgan fingerprint density at radius 2 is 2.17 bits per heavy atom. The number of piperidine rings is 1. The summed E-state index contributed by atoms with van der Waals surface area (Å²) in [6.45, 7) is 4.65. The van der Waals surface area contributed by atoms with Crippen LogP contribution in [0.4, 0.5) is 0 Å². The molecule has 116 valence electrons. The summed E-state index contributed by atoms with van der Waals surface area (Å²) < 4.78 is 2.26. The number of para-hydroxylation sites is 1. The fourth-order valence-electron chi connectivity index (χ4n) is 5.36. The molecule has 1 fully saturated rings. The van der Waals surface area contributed by atoms with Crippen molar-refractivity contribution < 1.29 is 0 Å². The zero-order valence-electron chi connectivity index (χ0n) is 13.5. The van der Waals surface area contributed by atoms with Gasteiger partial charge in [-0.2, -0.15) is 5.26 Å². The third kappa shape index (κ3) is 1.52. The van der Waals surface area contributed by atoms with Crippen molar-refractivity contribution in [2.24, 2.45) is 5.41 Å². The minimum absolute atomic E-state index is 0.142. The van der Waals surface area contributed by atoms with Crippen LogP contribution in [-0.2, 0) is 6.42 Å². The molecule has 3 aliphatic heterocycles. The quantitative estimate of drug-likeness (QED) is 0.794. The van der Waals surface area contributed by atoms with E-state index in [0.29, 0.717) is 6.04 Å². The van der Waals surface area contributed by atoms with Crippen molar-refractivity contribution in [1.82, 2.24) is 9.47 Å².